The highest BCUT2D eigenvalue weighted by molar-refractivity contribution is 5.73. The zero-order chi connectivity index (χ0) is 9.97. The van der Waals surface area contributed by atoms with E-state index in [0.717, 1.165) is 5.56 Å². The fourth-order valence-electron chi connectivity index (χ4n) is 1.52. The molecule has 1 aliphatic heterocycles. The Morgan fingerprint density at radius 1 is 1.43 bits per heavy atom. The minimum absolute atomic E-state index is 0.00119. The number of hydroxylamine groups is 2. The third kappa shape index (κ3) is 1.93. The summed E-state index contributed by atoms with van der Waals surface area (Å²) in [5.41, 5.74) is 1.16. The van der Waals surface area contributed by atoms with Crippen molar-refractivity contribution < 1.29 is 9.63 Å². The Bertz CT molecular complexity index is 323. The molecule has 0 unspecified atom stereocenters. The van der Waals surface area contributed by atoms with Gasteiger partial charge in [0.2, 0.25) is 0 Å². The molecular formula is C11H13NO2. The molecule has 0 radical (unpaired) electrons. The Hall–Kier alpha value is -1.35. The third-order valence-electron chi connectivity index (χ3n) is 2.30. The third-order valence-corrected chi connectivity index (χ3v) is 2.30. The minimum atomic E-state index is -0.124. The maximum atomic E-state index is 11.1. The van der Waals surface area contributed by atoms with E-state index in [1.165, 1.54) is 0 Å². The summed E-state index contributed by atoms with van der Waals surface area (Å²) in [5, 5.41) is 1.71. The first-order valence-corrected chi connectivity index (χ1v) is 4.76. The van der Waals surface area contributed by atoms with Crippen molar-refractivity contribution in [2.75, 3.05) is 6.54 Å². The van der Waals surface area contributed by atoms with E-state index in [0.29, 0.717) is 13.1 Å². The van der Waals surface area contributed by atoms with Crippen molar-refractivity contribution in [3.05, 3.63) is 35.9 Å². The number of hydrogen-bond acceptors (Lipinski definition) is 3. The molecule has 1 aliphatic rings. The summed E-state index contributed by atoms with van der Waals surface area (Å²) in [6.07, 6.45) is 0. The number of nitrogens with zero attached hydrogens (tertiary/aromatic N) is 1. The molecule has 3 nitrogen and oxygen atoms in total. The molecule has 0 saturated carbocycles. The Morgan fingerprint density at radius 2 is 2.14 bits per heavy atom. The van der Waals surface area contributed by atoms with Crippen LogP contribution in [0.15, 0.2) is 30.3 Å². The summed E-state index contributed by atoms with van der Waals surface area (Å²) in [6, 6.07) is 9.99. The lowest BCUT2D eigenvalue weighted by atomic mass is 10.2. The average Bonchev–Trinajstić information content (AvgIpc) is 2.47. The normalized spacial score (nSPS) is 22.4. The van der Waals surface area contributed by atoms with Crippen molar-refractivity contribution in [2.24, 2.45) is 5.92 Å². The highest BCUT2D eigenvalue weighted by atomic mass is 16.7. The molecule has 1 fully saturated rings. The lowest BCUT2D eigenvalue weighted by molar-refractivity contribution is -0.172. The van der Waals surface area contributed by atoms with E-state index in [1.54, 1.807) is 5.06 Å². The summed E-state index contributed by atoms with van der Waals surface area (Å²) < 4.78 is 0. The minimum Gasteiger partial charge on any atom is -0.367 e. The smallest absolute Gasteiger partial charge is 0.329 e. The molecule has 2 rings (SSSR count). The first-order valence-electron chi connectivity index (χ1n) is 4.76. The largest absolute Gasteiger partial charge is 0.367 e. The second kappa shape index (κ2) is 3.80. The lowest BCUT2D eigenvalue weighted by Gasteiger charge is -2.12. The highest BCUT2D eigenvalue weighted by Crippen LogP contribution is 2.16. The Labute approximate surface area is 83.2 Å². The van der Waals surface area contributed by atoms with Crippen LogP contribution in [0.1, 0.15) is 12.5 Å². The zero-order valence-corrected chi connectivity index (χ0v) is 8.14. The lowest BCUT2D eigenvalue weighted by Crippen LogP contribution is -2.18. The van der Waals surface area contributed by atoms with Gasteiger partial charge in [-0.15, -0.1) is 5.06 Å². The molecule has 0 amide bonds. The molecular weight excluding hydrogens is 178 g/mol. The van der Waals surface area contributed by atoms with Crippen molar-refractivity contribution in [1.82, 2.24) is 5.06 Å². The van der Waals surface area contributed by atoms with Crippen molar-refractivity contribution in [3.8, 4) is 0 Å². The van der Waals surface area contributed by atoms with E-state index in [4.69, 9.17) is 4.84 Å². The van der Waals surface area contributed by atoms with E-state index in [-0.39, 0.29) is 11.9 Å². The van der Waals surface area contributed by atoms with Gasteiger partial charge < -0.3 is 4.84 Å². The van der Waals surface area contributed by atoms with E-state index < -0.39 is 0 Å². The molecule has 74 valence electrons. The molecule has 1 atom stereocenters. The Morgan fingerprint density at radius 3 is 2.71 bits per heavy atom. The van der Waals surface area contributed by atoms with Crippen molar-refractivity contribution in [3.63, 3.8) is 0 Å². The summed E-state index contributed by atoms with van der Waals surface area (Å²) in [6.45, 7) is 3.25. The van der Waals surface area contributed by atoms with Crippen LogP contribution in [0.25, 0.3) is 0 Å². The predicted molar refractivity (Wildman–Crippen MR) is 52.1 cm³/mol. The second-order valence-electron chi connectivity index (χ2n) is 3.62. The van der Waals surface area contributed by atoms with Crippen LogP contribution in [0.2, 0.25) is 0 Å². The van der Waals surface area contributed by atoms with Gasteiger partial charge in [0.15, 0.2) is 0 Å². The van der Waals surface area contributed by atoms with E-state index in [9.17, 15) is 4.79 Å². The molecule has 1 heterocycles. The van der Waals surface area contributed by atoms with Gasteiger partial charge in [0.1, 0.15) is 0 Å². The molecule has 1 aromatic carbocycles. The number of benzene rings is 1. The van der Waals surface area contributed by atoms with E-state index in [2.05, 4.69) is 0 Å². The van der Waals surface area contributed by atoms with Crippen LogP contribution >= 0.6 is 0 Å². The van der Waals surface area contributed by atoms with Crippen LogP contribution in [-0.4, -0.2) is 17.6 Å². The molecule has 0 aliphatic carbocycles. The molecule has 3 heteroatoms. The van der Waals surface area contributed by atoms with Crippen molar-refractivity contribution in [1.29, 1.82) is 0 Å². The van der Waals surface area contributed by atoms with Crippen LogP contribution in [-0.2, 0) is 16.2 Å². The second-order valence-corrected chi connectivity index (χ2v) is 3.62. The van der Waals surface area contributed by atoms with Gasteiger partial charge in [0.25, 0.3) is 0 Å². The Kier molecular flexibility index (Phi) is 2.50. The van der Waals surface area contributed by atoms with Gasteiger partial charge >= 0.3 is 5.97 Å². The first-order chi connectivity index (χ1) is 6.75. The van der Waals surface area contributed by atoms with Gasteiger partial charge in [0.05, 0.1) is 12.5 Å². The summed E-state index contributed by atoms with van der Waals surface area (Å²) >= 11 is 0. The number of hydrogen-bond donors (Lipinski definition) is 0. The molecule has 14 heavy (non-hydrogen) atoms. The van der Waals surface area contributed by atoms with Gasteiger partial charge in [0, 0.05) is 6.54 Å². The molecule has 0 bridgehead atoms. The van der Waals surface area contributed by atoms with Crippen LogP contribution in [0, 0.1) is 5.92 Å². The quantitative estimate of drug-likeness (QED) is 0.711. The fourth-order valence-corrected chi connectivity index (χ4v) is 1.52. The molecule has 0 N–H and O–H groups in total. The van der Waals surface area contributed by atoms with Crippen LogP contribution in [0.5, 0.6) is 0 Å². The maximum Gasteiger partial charge on any atom is 0.329 e. The van der Waals surface area contributed by atoms with Gasteiger partial charge in [-0.1, -0.05) is 37.3 Å². The van der Waals surface area contributed by atoms with Crippen LogP contribution in [0.3, 0.4) is 0 Å². The van der Waals surface area contributed by atoms with Crippen molar-refractivity contribution >= 4 is 5.97 Å². The predicted octanol–water partition coefficient (Wildman–Crippen LogP) is 1.60. The molecule has 1 aromatic rings. The maximum absolute atomic E-state index is 11.1. The van der Waals surface area contributed by atoms with Gasteiger partial charge in [-0.3, -0.25) is 4.79 Å². The SMILES string of the molecule is C[C@@H]1CN(Cc2ccccc2)OC1=O. The van der Waals surface area contributed by atoms with Gasteiger partial charge in [-0.2, -0.15) is 0 Å². The van der Waals surface area contributed by atoms with Crippen molar-refractivity contribution in [2.45, 2.75) is 13.5 Å². The van der Waals surface area contributed by atoms with Crippen LogP contribution in [0.4, 0.5) is 0 Å². The van der Waals surface area contributed by atoms with E-state index in [1.807, 2.05) is 37.3 Å². The highest BCUT2D eigenvalue weighted by Gasteiger charge is 2.29. The summed E-state index contributed by atoms with van der Waals surface area (Å²) in [4.78, 5) is 16.2. The summed E-state index contributed by atoms with van der Waals surface area (Å²) in [7, 11) is 0. The summed E-state index contributed by atoms with van der Waals surface area (Å²) in [5.74, 6) is -0.125. The molecule has 1 saturated heterocycles. The monoisotopic (exact) mass is 191 g/mol. The van der Waals surface area contributed by atoms with E-state index >= 15 is 0 Å². The topological polar surface area (TPSA) is 29.5 Å². The number of rotatable bonds is 2. The standard InChI is InChI=1S/C11H13NO2/c1-9-7-12(14-11(9)13)8-10-5-3-2-4-6-10/h2-6,9H,7-8H2,1H3/t9-/m1/s1. The Balaban J connectivity index is 1.97. The van der Waals surface area contributed by atoms with Crippen LogP contribution < -0.4 is 0 Å². The molecule has 0 spiro atoms. The zero-order valence-electron chi connectivity index (χ0n) is 8.14. The average molecular weight is 191 g/mol. The number of carbonyl (C=O) groups is 1. The fraction of sp³-hybridized carbons (Fsp3) is 0.364. The van der Waals surface area contributed by atoms with Gasteiger partial charge in [-0.25, -0.2) is 0 Å². The molecule has 0 aromatic heterocycles. The first kappa shape index (κ1) is 9.21. The number of carbonyl (C=O) groups excluding carboxylic acids is 1. The van der Waals surface area contributed by atoms with Gasteiger partial charge in [-0.05, 0) is 5.56 Å².